The molecule has 2 rings (SSSR count). The van der Waals surface area contributed by atoms with Crippen molar-refractivity contribution in [2.75, 3.05) is 7.05 Å². The van der Waals surface area contributed by atoms with Crippen molar-refractivity contribution in [1.29, 1.82) is 0 Å². The van der Waals surface area contributed by atoms with E-state index in [2.05, 4.69) is 20.5 Å². The summed E-state index contributed by atoms with van der Waals surface area (Å²) in [6, 6.07) is 7.75. The Hall–Kier alpha value is -1.39. The van der Waals surface area contributed by atoms with E-state index in [-0.39, 0.29) is 0 Å². The molecule has 84 valence electrons. The molecule has 1 heterocycles. The number of aromatic amines is 1. The number of hydrogen-bond donors (Lipinski definition) is 2. The molecule has 0 atom stereocenters. The van der Waals surface area contributed by atoms with E-state index in [1.54, 1.807) is 0 Å². The van der Waals surface area contributed by atoms with Crippen molar-refractivity contribution in [3.63, 3.8) is 0 Å². The zero-order valence-electron chi connectivity index (χ0n) is 9.00. The second-order valence-corrected chi connectivity index (χ2v) is 3.90. The molecule has 0 aliphatic heterocycles. The highest BCUT2D eigenvalue weighted by Gasteiger charge is 2.05. The van der Waals surface area contributed by atoms with Crippen LogP contribution in [-0.2, 0) is 13.0 Å². The van der Waals surface area contributed by atoms with Crippen LogP contribution in [0.1, 0.15) is 17.2 Å². The average Bonchev–Trinajstić information content (AvgIpc) is 2.70. The van der Waals surface area contributed by atoms with Gasteiger partial charge in [0.25, 0.3) is 0 Å². The fraction of sp³-hybridized carbons (Fsp3) is 0.273. The largest absolute Gasteiger partial charge is 0.313 e. The molecule has 0 saturated carbocycles. The van der Waals surface area contributed by atoms with E-state index >= 15 is 0 Å². The van der Waals surface area contributed by atoms with Gasteiger partial charge in [-0.1, -0.05) is 29.8 Å². The summed E-state index contributed by atoms with van der Waals surface area (Å²) in [5.74, 6) is 1.60. The van der Waals surface area contributed by atoms with E-state index in [0.29, 0.717) is 13.0 Å². The Morgan fingerprint density at radius 1 is 1.38 bits per heavy atom. The van der Waals surface area contributed by atoms with Gasteiger partial charge in [0.1, 0.15) is 5.82 Å². The zero-order valence-corrected chi connectivity index (χ0v) is 9.75. The average molecular weight is 237 g/mol. The molecule has 2 aromatic rings. The molecule has 0 aliphatic carbocycles. The topological polar surface area (TPSA) is 53.6 Å². The molecule has 0 unspecified atom stereocenters. The molecule has 0 fully saturated rings. The van der Waals surface area contributed by atoms with Crippen LogP contribution in [0.25, 0.3) is 0 Å². The molecule has 4 nitrogen and oxygen atoms in total. The number of halogens is 1. The van der Waals surface area contributed by atoms with E-state index in [0.717, 1.165) is 22.2 Å². The lowest BCUT2D eigenvalue weighted by Crippen LogP contribution is -2.06. The second kappa shape index (κ2) is 5.09. The summed E-state index contributed by atoms with van der Waals surface area (Å²) in [6.07, 6.45) is 0.677. The van der Waals surface area contributed by atoms with Gasteiger partial charge in [-0.25, -0.2) is 4.98 Å². The minimum atomic E-state index is 0.666. The summed E-state index contributed by atoms with van der Waals surface area (Å²) < 4.78 is 0. The molecule has 1 aromatic carbocycles. The number of nitrogens with one attached hydrogen (secondary N) is 2. The van der Waals surface area contributed by atoms with Gasteiger partial charge in [-0.15, -0.1) is 0 Å². The molecule has 0 saturated heterocycles. The number of rotatable bonds is 4. The van der Waals surface area contributed by atoms with Crippen LogP contribution in [0, 0.1) is 0 Å². The van der Waals surface area contributed by atoms with Crippen molar-refractivity contribution in [2.45, 2.75) is 13.0 Å². The van der Waals surface area contributed by atoms with Crippen LogP contribution in [0.4, 0.5) is 0 Å². The van der Waals surface area contributed by atoms with Crippen molar-refractivity contribution in [3.05, 3.63) is 46.5 Å². The van der Waals surface area contributed by atoms with Crippen LogP contribution in [-0.4, -0.2) is 22.2 Å². The van der Waals surface area contributed by atoms with Gasteiger partial charge >= 0.3 is 0 Å². The Morgan fingerprint density at radius 2 is 2.19 bits per heavy atom. The summed E-state index contributed by atoms with van der Waals surface area (Å²) >= 11 is 6.07. The Bertz CT molecular complexity index is 467. The quantitative estimate of drug-likeness (QED) is 0.851. The Morgan fingerprint density at radius 3 is 2.94 bits per heavy atom. The van der Waals surface area contributed by atoms with Gasteiger partial charge in [0.05, 0.1) is 6.54 Å². The lowest BCUT2D eigenvalue weighted by atomic mass is 10.1. The summed E-state index contributed by atoms with van der Waals surface area (Å²) in [6.45, 7) is 0.666. The van der Waals surface area contributed by atoms with Gasteiger partial charge in [-0.05, 0) is 18.7 Å². The molecule has 2 N–H and O–H groups in total. The molecule has 0 bridgehead atoms. The molecular formula is C11H13ClN4. The number of aromatic nitrogens is 3. The van der Waals surface area contributed by atoms with Crippen LogP contribution < -0.4 is 5.32 Å². The van der Waals surface area contributed by atoms with Gasteiger partial charge in [-0.3, -0.25) is 5.10 Å². The standard InChI is InChI=1S/C11H13ClN4/c1-13-7-11-14-10(15-16-11)6-8-4-2-3-5-9(8)12/h2-5,13H,6-7H2,1H3,(H,14,15,16). The van der Waals surface area contributed by atoms with Gasteiger partial charge in [-0.2, -0.15) is 5.10 Å². The van der Waals surface area contributed by atoms with Crippen LogP contribution in [0.15, 0.2) is 24.3 Å². The van der Waals surface area contributed by atoms with Crippen molar-refractivity contribution in [1.82, 2.24) is 20.5 Å². The maximum absolute atomic E-state index is 6.07. The number of benzene rings is 1. The van der Waals surface area contributed by atoms with Crippen molar-refractivity contribution in [2.24, 2.45) is 0 Å². The molecule has 5 heteroatoms. The van der Waals surface area contributed by atoms with Crippen molar-refractivity contribution in [3.8, 4) is 0 Å². The van der Waals surface area contributed by atoms with Crippen LogP contribution in [0.2, 0.25) is 5.02 Å². The fourth-order valence-electron chi connectivity index (χ4n) is 1.47. The summed E-state index contributed by atoms with van der Waals surface area (Å²) in [7, 11) is 1.87. The van der Waals surface area contributed by atoms with Gasteiger partial charge in [0, 0.05) is 11.4 Å². The summed E-state index contributed by atoms with van der Waals surface area (Å²) in [5, 5.41) is 10.8. The lowest BCUT2D eigenvalue weighted by molar-refractivity contribution is 0.762. The first-order valence-corrected chi connectivity index (χ1v) is 5.45. The Balaban J connectivity index is 2.11. The highest BCUT2D eigenvalue weighted by atomic mass is 35.5. The molecule has 16 heavy (non-hydrogen) atoms. The van der Waals surface area contributed by atoms with Gasteiger partial charge < -0.3 is 5.32 Å². The maximum atomic E-state index is 6.07. The van der Waals surface area contributed by atoms with Gasteiger partial charge in [0.2, 0.25) is 0 Å². The zero-order chi connectivity index (χ0) is 11.4. The van der Waals surface area contributed by atoms with E-state index < -0.39 is 0 Å². The SMILES string of the molecule is CNCc1n[nH]c(Cc2ccccc2Cl)n1. The molecular weight excluding hydrogens is 224 g/mol. The van der Waals surface area contributed by atoms with E-state index in [1.165, 1.54) is 0 Å². The van der Waals surface area contributed by atoms with E-state index in [1.807, 2.05) is 31.3 Å². The van der Waals surface area contributed by atoms with Gasteiger partial charge in [0.15, 0.2) is 5.82 Å². The molecule has 1 aromatic heterocycles. The maximum Gasteiger partial charge on any atom is 0.164 e. The van der Waals surface area contributed by atoms with E-state index in [9.17, 15) is 0 Å². The highest BCUT2D eigenvalue weighted by molar-refractivity contribution is 6.31. The molecule has 0 amide bonds. The first kappa shape index (κ1) is 11.1. The predicted molar refractivity (Wildman–Crippen MR) is 63.4 cm³/mol. The van der Waals surface area contributed by atoms with Crippen molar-refractivity contribution >= 4 is 11.6 Å². The third-order valence-corrected chi connectivity index (χ3v) is 2.60. The minimum Gasteiger partial charge on any atom is -0.313 e. The Kier molecular flexibility index (Phi) is 3.54. The summed E-state index contributed by atoms with van der Waals surface area (Å²) in [5.41, 5.74) is 1.05. The number of nitrogens with zero attached hydrogens (tertiary/aromatic N) is 2. The monoisotopic (exact) mass is 236 g/mol. The van der Waals surface area contributed by atoms with Crippen LogP contribution in [0.5, 0.6) is 0 Å². The first-order chi connectivity index (χ1) is 7.79. The first-order valence-electron chi connectivity index (χ1n) is 5.07. The molecule has 0 aliphatic rings. The number of hydrogen-bond acceptors (Lipinski definition) is 3. The highest BCUT2D eigenvalue weighted by Crippen LogP contribution is 2.17. The fourth-order valence-corrected chi connectivity index (χ4v) is 1.68. The molecule has 0 radical (unpaired) electrons. The normalized spacial score (nSPS) is 10.6. The third-order valence-electron chi connectivity index (χ3n) is 2.23. The second-order valence-electron chi connectivity index (χ2n) is 3.50. The third kappa shape index (κ3) is 2.59. The summed E-state index contributed by atoms with van der Waals surface area (Å²) in [4.78, 5) is 4.35. The number of H-pyrrole nitrogens is 1. The Labute approximate surface area is 99.1 Å². The van der Waals surface area contributed by atoms with E-state index in [4.69, 9.17) is 11.6 Å². The smallest absolute Gasteiger partial charge is 0.164 e. The van der Waals surface area contributed by atoms with Crippen LogP contribution >= 0.6 is 11.6 Å². The van der Waals surface area contributed by atoms with Crippen molar-refractivity contribution < 1.29 is 0 Å². The lowest BCUT2D eigenvalue weighted by Gasteiger charge is -1.99. The van der Waals surface area contributed by atoms with Crippen LogP contribution in [0.3, 0.4) is 0 Å². The predicted octanol–water partition coefficient (Wildman–Crippen LogP) is 1.77. The minimum absolute atomic E-state index is 0.666. The molecule has 0 spiro atoms.